The van der Waals surface area contributed by atoms with Crippen LogP contribution in [0.4, 0.5) is 0 Å². The van der Waals surface area contributed by atoms with Gasteiger partial charge in [-0.1, -0.05) is 29.8 Å². The summed E-state index contributed by atoms with van der Waals surface area (Å²) in [5, 5.41) is 11.2. The fourth-order valence-electron chi connectivity index (χ4n) is 2.76. The highest BCUT2D eigenvalue weighted by Crippen LogP contribution is 2.36. The van der Waals surface area contributed by atoms with Crippen LogP contribution in [0.3, 0.4) is 0 Å². The van der Waals surface area contributed by atoms with Crippen molar-refractivity contribution in [3.63, 3.8) is 0 Å². The SMILES string of the molecule is COc1ccccc1C(O)Cc1cc(Cl)cc2c1OCC2. The fourth-order valence-corrected chi connectivity index (χ4v) is 3.02. The number of aliphatic hydroxyl groups excluding tert-OH is 1. The summed E-state index contributed by atoms with van der Waals surface area (Å²) in [7, 11) is 1.60. The van der Waals surface area contributed by atoms with Crippen LogP contribution in [0.25, 0.3) is 0 Å². The van der Waals surface area contributed by atoms with Crippen LogP contribution in [-0.2, 0) is 12.8 Å². The molecular formula is C17H17ClO3. The Morgan fingerprint density at radius 2 is 2.14 bits per heavy atom. The third kappa shape index (κ3) is 2.85. The smallest absolute Gasteiger partial charge is 0.126 e. The van der Waals surface area contributed by atoms with Crippen LogP contribution in [0.1, 0.15) is 22.8 Å². The Balaban J connectivity index is 1.90. The molecule has 0 spiro atoms. The first kappa shape index (κ1) is 14.2. The number of aliphatic hydroxyl groups is 1. The highest BCUT2D eigenvalue weighted by atomic mass is 35.5. The second kappa shape index (κ2) is 5.96. The van der Waals surface area contributed by atoms with Gasteiger partial charge in [-0.25, -0.2) is 0 Å². The Morgan fingerprint density at radius 3 is 2.95 bits per heavy atom. The Kier molecular flexibility index (Phi) is 4.04. The number of halogens is 1. The maximum atomic E-state index is 10.5. The van der Waals surface area contributed by atoms with E-state index < -0.39 is 6.10 Å². The van der Waals surface area contributed by atoms with Crippen molar-refractivity contribution in [2.24, 2.45) is 0 Å². The lowest BCUT2D eigenvalue weighted by molar-refractivity contribution is 0.172. The molecule has 0 aromatic heterocycles. The predicted molar refractivity (Wildman–Crippen MR) is 82.3 cm³/mol. The molecule has 2 aromatic rings. The lowest BCUT2D eigenvalue weighted by Crippen LogP contribution is -2.05. The number of fused-ring (bicyclic) bond motifs is 1. The van der Waals surface area contributed by atoms with Crippen LogP contribution in [0.2, 0.25) is 5.02 Å². The van der Waals surface area contributed by atoms with Gasteiger partial charge in [0.15, 0.2) is 0 Å². The van der Waals surface area contributed by atoms with E-state index >= 15 is 0 Å². The summed E-state index contributed by atoms with van der Waals surface area (Å²) in [6.07, 6.45) is 0.657. The predicted octanol–water partition coefficient (Wildman–Crippen LogP) is 3.56. The molecule has 0 amide bonds. The Hall–Kier alpha value is -1.71. The van der Waals surface area contributed by atoms with E-state index in [0.717, 1.165) is 28.9 Å². The number of methoxy groups -OCH3 is 1. The Bertz CT molecular complexity index is 654. The highest BCUT2D eigenvalue weighted by Gasteiger charge is 2.21. The molecule has 1 aliphatic rings. The van der Waals surface area contributed by atoms with Crippen molar-refractivity contribution in [1.82, 2.24) is 0 Å². The van der Waals surface area contributed by atoms with E-state index in [1.807, 2.05) is 36.4 Å². The zero-order chi connectivity index (χ0) is 14.8. The van der Waals surface area contributed by atoms with Crippen molar-refractivity contribution >= 4 is 11.6 Å². The normalized spacial score (nSPS) is 14.4. The van der Waals surface area contributed by atoms with Gasteiger partial charge >= 0.3 is 0 Å². The molecule has 0 radical (unpaired) electrons. The lowest BCUT2D eigenvalue weighted by Gasteiger charge is -2.16. The van der Waals surface area contributed by atoms with Crippen molar-refractivity contribution in [2.75, 3.05) is 13.7 Å². The van der Waals surface area contributed by atoms with E-state index in [1.54, 1.807) is 7.11 Å². The molecule has 0 bridgehead atoms. The van der Waals surface area contributed by atoms with E-state index in [2.05, 4.69) is 0 Å². The third-order valence-corrected chi connectivity index (χ3v) is 3.95. The van der Waals surface area contributed by atoms with Crippen LogP contribution in [0, 0.1) is 0 Å². The summed E-state index contributed by atoms with van der Waals surface area (Å²) >= 11 is 6.15. The lowest BCUT2D eigenvalue weighted by atomic mass is 9.98. The Morgan fingerprint density at radius 1 is 1.33 bits per heavy atom. The molecule has 1 N–H and O–H groups in total. The maximum absolute atomic E-state index is 10.5. The van der Waals surface area contributed by atoms with Gasteiger partial charge in [0.25, 0.3) is 0 Å². The molecular weight excluding hydrogens is 288 g/mol. The van der Waals surface area contributed by atoms with E-state index in [1.165, 1.54) is 0 Å². The third-order valence-electron chi connectivity index (χ3n) is 3.74. The highest BCUT2D eigenvalue weighted by molar-refractivity contribution is 6.30. The minimum atomic E-state index is -0.659. The quantitative estimate of drug-likeness (QED) is 0.938. The number of hydrogen-bond acceptors (Lipinski definition) is 3. The number of benzene rings is 2. The molecule has 1 aliphatic heterocycles. The molecule has 3 rings (SSSR count). The van der Waals surface area contributed by atoms with Gasteiger partial charge in [-0.05, 0) is 29.3 Å². The molecule has 21 heavy (non-hydrogen) atoms. The fraction of sp³-hybridized carbons (Fsp3) is 0.294. The summed E-state index contributed by atoms with van der Waals surface area (Å²) in [5.74, 6) is 1.55. The van der Waals surface area contributed by atoms with Gasteiger partial charge in [-0.3, -0.25) is 0 Å². The van der Waals surface area contributed by atoms with E-state index in [-0.39, 0.29) is 0 Å². The van der Waals surface area contributed by atoms with Crippen molar-refractivity contribution in [3.8, 4) is 11.5 Å². The van der Waals surface area contributed by atoms with Gasteiger partial charge in [0.2, 0.25) is 0 Å². The van der Waals surface area contributed by atoms with Gasteiger partial charge in [0.05, 0.1) is 19.8 Å². The number of rotatable bonds is 4. The first-order valence-corrected chi connectivity index (χ1v) is 7.32. The monoisotopic (exact) mass is 304 g/mol. The molecule has 1 unspecified atom stereocenters. The first-order valence-electron chi connectivity index (χ1n) is 6.94. The molecule has 4 heteroatoms. The van der Waals surface area contributed by atoms with E-state index in [9.17, 15) is 5.11 Å². The van der Waals surface area contributed by atoms with E-state index in [0.29, 0.717) is 23.8 Å². The molecule has 3 nitrogen and oxygen atoms in total. The second-order valence-corrected chi connectivity index (χ2v) is 5.55. The summed E-state index contributed by atoms with van der Waals surface area (Å²) in [6, 6.07) is 11.3. The van der Waals surface area contributed by atoms with Crippen LogP contribution in [-0.4, -0.2) is 18.8 Å². The summed E-state index contributed by atoms with van der Waals surface area (Å²) < 4.78 is 11.0. The van der Waals surface area contributed by atoms with Gasteiger partial charge in [0.1, 0.15) is 11.5 Å². The minimum Gasteiger partial charge on any atom is -0.496 e. The van der Waals surface area contributed by atoms with Crippen LogP contribution in [0.5, 0.6) is 11.5 Å². The summed E-state index contributed by atoms with van der Waals surface area (Å²) in [5.41, 5.74) is 2.82. The van der Waals surface area contributed by atoms with Crippen LogP contribution >= 0.6 is 11.6 Å². The van der Waals surface area contributed by atoms with Crippen LogP contribution in [0.15, 0.2) is 36.4 Å². The average molecular weight is 305 g/mol. The number of hydrogen-bond donors (Lipinski definition) is 1. The first-order chi connectivity index (χ1) is 10.2. The van der Waals surface area contributed by atoms with Gasteiger partial charge in [-0.2, -0.15) is 0 Å². The maximum Gasteiger partial charge on any atom is 0.126 e. The zero-order valence-corrected chi connectivity index (χ0v) is 12.6. The van der Waals surface area contributed by atoms with Gasteiger partial charge < -0.3 is 14.6 Å². The molecule has 2 aromatic carbocycles. The average Bonchev–Trinajstić information content (AvgIpc) is 2.95. The molecule has 0 aliphatic carbocycles. The Labute approximate surface area is 129 Å². The van der Waals surface area contributed by atoms with Crippen LogP contribution < -0.4 is 9.47 Å². The van der Waals surface area contributed by atoms with Crippen molar-refractivity contribution < 1.29 is 14.6 Å². The topological polar surface area (TPSA) is 38.7 Å². The minimum absolute atomic E-state index is 0.448. The molecule has 0 fully saturated rings. The van der Waals surface area contributed by atoms with E-state index in [4.69, 9.17) is 21.1 Å². The molecule has 0 saturated heterocycles. The molecule has 1 atom stereocenters. The van der Waals surface area contributed by atoms with Crippen molar-refractivity contribution in [2.45, 2.75) is 18.9 Å². The zero-order valence-electron chi connectivity index (χ0n) is 11.8. The van der Waals surface area contributed by atoms with Gasteiger partial charge in [0, 0.05) is 23.4 Å². The number of para-hydroxylation sites is 1. The summed E-state index contributed by atoms with van der Waals surface area (Å²) in [6.45, 7) is 0.674. The number of ether oxygens (including phenoxy) is 2. The molecule has 110 valence electrons. The van der Waals surface area contributed by atoms with Crippen molar-refractivity contribution in [1.29, 1.82) is 0 Å². The van der Waals surface area contributed by atoms with Gasteiger partial charge in [-0.15, -0.1) is 0 Å². The van der Waals surface area contributed by atoms with Crippen molar-refractivity contribution in [3.05, 3.63) is 58.1 Å². The molecule has 0 saturated carbocycles. The molecule has 1 heterocycles. The standard InChI is InChI=1S/C17H17ClO3/c1-20-16-5-3-2-4-14(16)15(19)10-12-9-13(18)8-11-6-7-21-17(11)12/h2-5,8-9,15,19H,6-7,10H2,1H3. The largest absolute Gasteiger partial charge is 0.496 e. The summed E-state index contributed by atoms with van der Waals surface area (Å²) in [4.78, 5) is 0. The second-order valence-electron chi connectivity index (χ2n) is 5.11.